The van der Waals surface area contributed by atoms with Gasteiger partial charge in [0.15, 0.2) is 0 Å². The van der Waals surface area contributed by atoms with Gasteiger partial charge in [-0.05, 0) is 59.4 Å². The van der Waals surface area contributed by atoms with Gasteiger partial charge in [0.2, 0.25) is 0 Å². The summed E-state index contributed by atoms with van der Waals surface area (Å²) in [4.78, 5) is 7.79. The molecule has 0 spiro atoms. The highest BCUT2D eigenvalue weighted by Crippen LogP contribution is 2.25. The predicted molar refractivity (Wildman–Crippen MR) is 73.4 cm³/mol. The summed E-state index contributed by atoms with van der Waals surface area (Å²) >= 11 is 0. The van der Waals surface area contributed by atoms with E-state index in [9.17, 15) is 0 Å². The van der Waals surface area contributed by atoms with Crippen molar-refractivity contribution in [3.8, 4) is 0 Å². The topological polar surface area (TPSA) is 9.72 Å². The van der Waals surface area contributed by atoms with Crippen LogP contribution in [-0.4, -0.2) is 73.6 Å². The van der Waals surface area contributed by atoms with Crippen molar-refractivity contribution in [1.82, 2.24) is 14.7 Å². The van der Waals surface area contributed by atoms with Crippen LogP contribution in [0.25, 0.3) is 0 Å². The van der Waals surface area contributed by atoms with Crippen molar-refractivity contribution < 1.29 is 0 Å². The molecule has 3 nitrogen and oxygen atoms in total. The minimum absolute atomic E-state index is 0.812. The molecule has 0 aromatic rings. The summed E-state index contributed by atoms with van der Waals surface area (Å²) in [7, 11) is 4.35. The molecule has 0 amide bonds. The summed E-state index contributed by atoms with van der Waals surface area (Å²) in [5.74, 6) is 0. The van der Waals surface area contributed by atoms with Gasteiger partial charge in [0.25, 0.3) is 0 Å². The fraction of sp³-hybridized carbons (Fsp3) is 1.00. The smallest absolute Gasteiger partial charge is 0.0224 e. The summed E-state index contributed by atoms with van der Waals surface area (Å²) in [6.07, 6.45) is 5.48. The second kappa shape index (κ2) is 6.17. The fourth-order valence-electron chi connectivity index (χ4n) is 3.40. The molecule has 2 heterocycles. The number of rotatable bonds is 5. The lowest BCUT2D eigenvalue weighted by Crippen LogP contribution is -2.56. The highest BCUT2D eigenvalue weighted by Gasteiger charge is 2.34. The van der Waals surface area contributed by atoms with Gasteiger partial charge in [-0.2, -0.15) is 0 Å². The Hall–Kier alpha value is -0.120. The van der Waals surface area contributed by atoms with Gasteiger partial charge in [-0.1, -0.05) is 6.92 Å². The number of hydrogen-bond donors (Lipinski definition) is 0. The molecule has 2 atom stereocenters. The Kier molecular flexibility index (Phi) is 4.83. The van der Waals surface area contributed by atoms with Gasteiger partial charge >= 0.3 is 0 Å². The largest absolute Gasteiger partial charge is 0.309 e. The quantitative estimate of drug-likeness (QED) is 0.720. The lowest BCUT2D eigenvalue weighted by Gasteiger charge is -2.43. The van der Waals surface area contributed by atoms with Gasteiger partial charge in [0, 0.05) is 25.2 Å². The highest BCUT2D eigenvalue weighted by atomic mass is 15.3. The minimum Gasteiger partial charge on any atom is -0.309 e. The first kappa shape index (κ1) is 13.3. The molecule has 2 aliphatic heterocycles. The van der Waals surface area contributed by atoms with E-state index in [2.05, 4.69) is 35.7 Å². The molecule has 0 saturated carbocycles. The van der Waals surface area contributed by atoms with E-state index in [1.165, 1.54) is 58.4 Å². The van der Waals surface area contributed by atoms with E-state index >= 15 is 0 Å². The second-order valence-electron chi connectivity index (χ2n) is 6.00. The Labute approximate surface area is 107 Å². The zero-order valence-electron chi connectivity index (χ0n) is 11.9. The van der Waals surface area contributed by atoms with Crippen molar-refractivity contribution in [1.29, 1.82) is 0 Å². The Morgan fingerprint density at radius 2 is 2.06 bits per heavy atom. The van der Waals surface area contributed by atoms with Gasteiger partial charge in [-0.15, -0.1) is 0 Å². The zero-order valence-corrected chi connectivity index (χ0v) is 11.9. The molecule has 2 unspecified atom stereocenters. The van der Waals surface area contributed by atoms with Crippen molar-refractivity contribution in [3.63, 3.8) is 0 Å². The fourth-order valence-corrected chi connectivity index (χ4v) is 3.40. The van der Waals surface area contributed by atoms with Gasteiger partial charge in [0.1, 0.15) is 0 Å². The van der Waals surface area contributed by atoms with Crippen LogP contribution in [0.5, 0.6) is 0 Å². The van der Waals surface area contributed by atoms with Crippen LogP contribution < -0.4 is 0 Å². The van der Waals surface area contributed by atoms with Gasteiger partial charge < -0.3 is 4.90 Å². The molecule has 17 heavy (non-hydrogen) atoms. The second-order valence-corrected chi connectivity index (χ2v) is 6.00. The zero-order chi connectivity index (χ0) is 12.3. The van der Waals surface area contributed by atoms with Crippen molar-refractivity contribution in [2.75, 3.05) is 46.8 Å². The van der Waals surface area contributed by atoms with Crippen LogP contribution in [0.3, 0.4) is 0 Å². The van der Waals surface area contributed by atoms with Gasteiger partial charge in [-0.3, -0.25) is 9.80 Å². The van der Waals surface area contributed by atoms with E-state index in [0.717, 1.165) is 12.1 Å². The molecule has 0 aromatic heterocycles. The third kappa shape index (κ3) is 3.43. The summed E-state index contributed by atoms with van der Waals surface area (Å²) < 4.78 is 0. The van der Waals surface area contributed by atoms with E-state index in [4.69, 9.17) is 0 Å². The van der Waals surface area contributed by atoms with E-state index < -0.39 is 0 Å². The van der Waals surface area contributed by atoms with Crippen molar-refractivity contribution >= 4 is 0 Å². The number of hydrogen-bond acceptors (Lipinski definition) is 3. The average molecular weight is 239 g/mol. The maximum Gasteiger partial charge on any atom is 0.0224 e. The lowest BCUT2D eigenvalue weighted by atomic mass is 10.0. The van der Waals surface area contributed by atoms with Gasteiger partial charge in [-0.25, -0.2) is 0 Å². The predicted octanol–water partition coefficient (Wildman–Crippen LogP) is 1.50. The molecule has 0 N–H and O–H groups in total. The first-order valence-corrected chi connectivity index (χ1v) is 7.33. The molecule has 0 bridgehead atoms. The van der Waals surface area contributed by atoms with Crippen LogP contribution in [-0.2, 0) is 0 Å². The molecular weight excluding hydrogens is 210 g/mol. The average Bonchev–Trinajstić information content (AvgIpc) is 2.74. The van der Waals surface area contributed by atoms with Crippen LogP contribution in [0.1, 0.15) is 32.6 Å². The molecular formula is C14H29N3. The van der Waals surface area contributed by atoms with E-state index in [-0.39, 0.29) is 0 Å². The van der Waals surface area contributed by atoms with Crippen LogP contribution >= 0.6 is 0 Å². The van der Waals surface area contributed by atoms with Crippen molar-refractivity contribution in [2.24, 2.45) is 0 Å². The number of fused-ring (bicyclic) bond motifs is 1. The van der Waals surface area contributed by atoms with Gasteiger partial charge in [0.05, 0.1) is 0 Å². The molecule has 3 heteroatoms. The lowest BCUT2D eigenvalue weighted by molar-refractivity contribution is 0.0473. The SMILES string of the molecule is CCC1CN2CCCC2CN1CCCN(C)C. The molecule has 2 rings (SSSR count). The Morgan fingerprint density at radius 3 is 2.76 bits per heavy atom. The Balaban J connectivity index is 1.81. The summed E-state index contributed by atoms with van der Waals surface area (Å²) in [5.41, 5.74) is 0. The normalized spacial score (nSPS) is 31.1. The first-order chi connectivity index (χ1) is 8.20. The van der Waals surface area contributed by atoms with E-state index in [0.29, 0.717) is 0 Å². The molecule has 0 radical (unpaired) electrons. The van der Waals surface area contributed by atoms with Crippen LogP contribution in [0.15, 0.2) is 0 Å². The molecule has 100 valence electrons. The summed E-state index contributed by atoms with van der Waals surface area (Å²) in [6, 6.07) is 1.68. The first-order valence-electron chi connectivity index (χ1n) is 7.33. The summed E-state index contributed by atoms with van der Waals surface area (Å²) in [6.45, 7) is 8.87. The van der Waals surface area contributed by atoms with E-state index in [1.807, 2.05) is 0 Å². The van der Waals surface area contributed by atoms with Crippen LogP contribution in [0.4, 0.5) is 0 Å². The Morgan fingerprint density at radius 1 is 1.24 bits per heavy atom. The molecule has 0 aromatic carbocycles. The van der Waals surface area contributed by atoms with E-state index in [1.54, 1.807) is 0 Å². The Bertz CT molecular complexity index is 230. The number of nitrogens with zero attached hydrogens (tertiary/aromatic N) is 3. The minimum atomic E-state index is 0.812. The monoisotopic (exact) mass is 239 g/mol. The third-order valence-electron chi connectivity index (χ3n) is 4.43. The van der Waals surface area contributed by atoms with Crippen LogP contribution in [0, 0.1) is 0 Å². The molecule has 2 fully saturated rings. The maximum absolute atomic E-state index is 2.76. The van der Waals surface area contributed by atoms with Crippen molar-refractivity contribution in [3.05, 3.63) is 0 Å². The molecule has 2 saturated heterocycles. The highest BCUT2D eigenvalue weighted by molar-refractivity contribution is 4.91. The molecule has 0 aliphatic carbocycles. The standard InChI is InChI=1S/C14H29N3/c1-4-13-11-17-9-5-7-14(17)12-16(13)10-6-8-15(2)3/h13-14H,4-12H2,1-3H3. The van der Waals surface area contributed by atoms with Crippen molar-refractivity contribution in [2.45, 2.75) is 44.7 Å². The maximum atomic E-state index is 2.76. The number of piperazine rings is 1. The molecule has 2 aliphatic rings. The summed E-state index contributed by atoms with van der Waals surface area (Å²) in [5, 5.41) is 0. The third-order valence-corrected chi connectivity index (χ3v) is 4.43. The van der Waals surface area contributed by atoms with Crippen LogP contribution in [0.2, 0.25) is 0 Å².